The molecule has 1 rings (SSSR count). The fraction of sp³-hybridized carbons (Fsp3) is 0.710. The predicted octanol–water partition coefficient (Wildman–Crippen LogP) is 2.81. The predicted molar refractivity (Wildman–Crippen MR) is 169 cm³/mol. The van der Waals surface area contributed by atoms with Crippen LogP contribution in [0.5, 0.6) is 0 Å². The molecular formula is C31H56N6O6. The van der Waals surface area contributed by atoms with E-state index in [0.717, 1.165) is 5.56 Å². The normalized spacial score (nSPS) is 14.1. The quantitative estimate of drug-likeness (QED) is 0.0976. The Balaban J connectivity index is 2.67. The summed E-state index contributed by atoms with van der Waals surface area (Å²) in [4.78, 5) is 38.5. The number of hydrogen-bond acceptors (Lipinski definition) is 9. The Morgan fingerprint density at radius 2 is 1.60 bits per heavy atom. The van der Waals surface area contributed by atoms with Crippen LogP contribution in [0.4, 0.5) is 10.5 Å². The van der Waals surface area contributed by atoms with Crippen LogP contribution in [0.3, 0.4) is 0 Å². The zero-order valence-electron chi connectivity index (χ0n) is 27.3. The Morgan fingerprint density at radius 1 is 0.953 bits per heavy atom. The number of nitrogens with one attached hydrogen (secondary N) is 5. The lowest BCUT2D eigenvalue weighted by Gasteiger charge is -2.31. The number of benzene rings is 1. The Morgan fingerprint density at radius 3 is 2.16 bits per heavy atom. The molecule has 0 heterocycles. The van der Waals surface area contributed by atoms with Gasteiger partial charge in [0.15, 0.2) is 6.35 Å². The van der Waals surface area contributed by atoms with E-state index in [2.05, 4.69) is 47.4 Å². The van der Waals surface area contributed by atoms with Gasteiger partial charge in [-0.2, -0.15) is 0 Å². The summed E-state index contributed by atoms with van der Waals surface area (Å²) in [6.07, 6.45) is -0.147. The van der Waals surface area contributed by atoms with Gasteiger partial charge in [-0.25, -0.2) is 4.79 Å². The second-order valence-corrected chi connectivity index (χ2v) is 13.4. The molecule has 12 nitrogen and oxygen atoms in total. The van der Waals surface area contributed by atoms with Crippen LogP contribution in [0.15, 0.2) is 24.3 Å². The van der Waals surface area contributed by atoms with Gasteiger partial charge >= 0.3 is 6.09 Å². The summed E-state index contributed by atoms with van der Waals surface area (Å²) in [5.41, 5.74) is 6.44. The number of ether oxygens (including phenoxy) is 2. The van der Waals surface area contributed by atoms with E-state index in [-0.39, 0.29) is 35.3 Å². The molecule has 1 aromatic rings. The van der Waals surface area contributed by atoms with Gasteiger partial charge in [0.2, 0.25) is 11.8 Å². The van der Waals surface area contributed by atoms with E-state index in [9.17, 15) is 19.5 Å². The van der Waals surface area contributed by atoms with Gasteiger partial charge in [-0.05, 0) is 75.6 Å². The van der Waals surface area contributed by atoms with Gasteiger partial charge in [-0.3, -0.25) is 20.6 Å². The van der Waals surface area contributed by atoms with Crippen molar-refractivity contribution in [3.63, 3.8) is 0 Å². The highest BCUT2D eigenvalue weighted by molar-refractivity contribution is 5.97. The molecule has 43 heavy (non-hydrogen) atoms. The largest absolute Gasteiger partial charge is 0.445 e. The number of rotatable bonds is 18. The van der Waals surface area contributed by atoms with E-state index in [1.165, 1.54) is 0 Å². The third kappa shape index (κ3) is 18.5. The first-order chi connectivity index (χ1) is 20.0. The summed E-state index contributed by atoms with van der Waals surface area (Å²) in [5, 5.41) is 23.8. The SMILES string of the molecule is CC(C)[C@H](NC(C)(C)C)C(=O)N[C@@H](CCCNC(N)O)C(=O)Nc1ccc(COC(=O)NCCCOCC(C)(C)C)cc1. The molecule has 0 saturated carbocycles. The maximum absolute atomic E-state index is 13.2. The number of aliphatic hydroxyl groups is 1. The van der Waals surface area contributed by atoms with Crippen LogP contribution in [0.1, 0.15) is 80.2 Å². The molecule has 3 atom stereocenters. The molecule has 0 aliphatic rings. The van der Waals surface area contributed by atoms with Gasteiger partial charge in [0, 0.05) is 24.4 Å². The zero-order chi connectivity index (χ0) is 32.6. The highest BCUT2D eigenvalue weighted by Crippen LogP contribution is 2.14. The molecule has 0 bridgehead atoms. The fourth-order valence-corrected chi connectivity index (χ4v) is 3.94. The van der Waals surface area contributed by atoms with Crippen molar-refractivity contribution in [2.45, 2.75) is 105 Å². The lowest BCUT2D eigenvalue weighted by Crippen LogP contribution is -2.57. The van der Waals surface area contributed by atoms with Crippen molar-refractivity contribution in [3.05, 3.63) is 29.8 Å². The number of amides is 3. The standard InChI is InChI=1S/C31H56N6O6/c1-21(2)25(37-31(6,7)8)27(39)36-24(11-9-16-33-28(32)40)26(38)35-23-14-12-22(13-15-23)19-43-29(41)34-17-10-18-42-20-30(3,4)5/h12-15,21,24-25,28,33,37,40H,9-11,16-20,32H2,1-8H3,(H,34,41)(H,35,38)(H,36,39)/t24-,25-,28?/m0/s1. The van der Waals surface area contributed by atoms with Crippen molar-refractivity contribution in [2.75, 3.05) is 31.6 Å². The van der Waals surface area contributed by atoms with Gasteiger partial charge in [0.25, 0.3) is 0 Å². The van der Waals surface area contributed by atoms with Gasteiger partial charge < -0.3 is 35.8 Å². The summed E-state index contributed by atoms with van der Waals surface area (Å²) in [6, 6.07) is 5.64. The third-order valence-corrected chi connectivity index (χ3v) is 6.05. The van der Waals surface area contributed by atoms with Crippen LogP contribution in [0.25, 0.3) is 0 Å². The first-order valence-electron chi connectivity index (χ1n) is 15.1. The molecule has 8 N–H and O–H groups in total. The molecule has 0 radical (unpaired) electrons. The monoisotopic (exact) mass is 608 g/mol. The van der Waals surface area contributed by atoms with E-state index >= 15 is 0 Å². The minimum atomic E-state index is -1.16. The second kappa shape index (κ2) is 18.8. The molecule has 0 aromatic heterocycles. The van der Waals surface area contributed by atoms with Crippen LogP contribution in [-0.2, 0) is 25.7 Å². The van der Waals surface area contributed by atoms with Gasteiger partial charge in [0.1, 0.15) is 12.6 Å². The maximum Gasteiger partial charge on any atom is 0.407 e. The van der Waals surface area contributed by atoms with E-state index in [1.807, 2.05) is 34.6 Å². The number of carbonyl (C=O) groups is 3. The summed E-state index contributed by atoms with van der Waals surface area (Å²) < 4.78 is 10.9. The Bertz CT molecular complexity index is 972. The van der Waals surface area contributed by atoms with E-state index in [4.69, 9.17) is 15.2 Å². The molecule has 1 unspecified atom stereocenters. The summed E-state index contributed by atoms with van der Waals surface area (Å²) in [7, 11) is 0. The molecule has 12 heteroatoms. The van der Waals surface area contributed by atoms with Crippen molar-refractivity contribution in [1.82, 2.24) is 21.3 Å². The summed E-state index contributed by atoms with van der Waals surface area (Å²) >= 11 is 0. The average molecular weight is 609 g/mol. The maximum atomic E-state index is 13.2. The molecule has 246 valence electrons. The molecule has 0 saturated heterocycles. The number of anilines is 1. The number of aliphatic hydroxyl groups excluding tert-OH is 1. The Hall–Kier alpha value is -2.77. The minimum absolute atomic E-state index is 0.00119. The molecule has 0 fully saturated rings. The number of hydrogen-bond donors (Lipinski definition) is 7. The lowest BCUT2D eigenvalue weighted by atomic mass is 9.98. The van der Waals surface area contributed by atoms with E-state index in [0.29, 0.717) is 51.3 Å². The number of alkyl carbamates (subject to hydrolysis) is 1. The van der Waals surface area contributed by atoms with Crippen LogP contribution in [0.2, 0.25) is 0 Å². The summed E-state index contributed by atoms with van der Waals surface area (Å²) in [5.74, 6) is -0.629. The van der Waals surface area contributed by atoms with Crippen molar-refractivity contribution < 1.29 is 29.0 Å². The van der Waals surface area contributed by atoms with Gasteiger partial charge in [-0.1, -0.05) is 46.8 Å². The third-order valence-electron chi connectivity index (χ3n) is 6.05. The summed E-state index contributed by atoms with van der Waals surface area (Å²) in [6.45, 7) is 18.3. The Labute approximate surface area is 257 Å². The topological polar surface area (TPSA) is 176 Å². The van der Waals surface area contributed by atoms with Crippen LogP contribution in [-0.4, -0.2) is 73.3 Å². The van der Waals surface area contributed by atoms with Crippen molar-refractivity contribution in [3.8, 4) is 0 Å². The van der Waals surface area contributed by atoms with Crippen molar-refractivity contribution in [1.29, 1.82) is 0 Å². The van der Waals surface area contributed by atoms with Crippen LogP contribution in [0, 0.1) is 11.3 Å². The highest BCUT2D eigenvalue weighted by atomic mass is 16.5. The minimum Gasteiger partial charge on any atom is -0.445 e. The first kappa shape index (κ1) is 38.3. The molecule has 0 spiro atoms. The molecule has 0 aliphatic heterocycles. The van der Waals surface area contributed by atoms with Crippen molar-refractivity contribution >= 4 is 23.6 Å². The Kier molecular flexibility index (Phi) is 16.7. The van der Waals surface area contributed by atoms with E-state index < -0.39 is 24.5 Å². The second-order valence-electron chi connectivity index (χ2n) is 13.4. The fourth-order valence-electron chi connectivity index (χ4n) is 3.94. The number of carbonyl (C=O) groups excluding carboxylic acids is 3. The van der Waals surface area contributed by atoms with Crippen LogP contribution >= 0.6 is 0 Å². The molecule has 1 aromatic carbocycles. The zero-order valence-corrected chi connectivity index (χ0v) is 27.3. The molecule has 0 aliphatic carbocycles. The highest BCUT2D eigenvalue weighted by Gasteiger charge is 2.30. The van der Waals surface area contributed by atoms with Gasteiger partial charge in [-0.15, -0.1) is 0 Å². The first-order valence-corrected chi connectivity index (χ1v) is 15.1. The molecule has 3 amide bonds. The van der Waals surface area contributed by atoms with Gasteiger partial charge in [0.05, 0.1) is 12.6 Å². The van der Waals surface area contributed by atoms with Crippen LogP contribution < -0.4 is 32.3 Å². The van der Waals surface area contributed by atoms with E-state index in [1.54, 1.807) is 24.3 Å². The number of nitrogens with two attached hydrogens (primary N) is 1. The molecular weight excluding hydrogens is 552 g/mol. The lowest BCUT2D eigenvalue weighted by molar-refractivity contribution is -0.129. The smallest absolute Gasteiger partial charge is 0.407 e. The van der Waals surface area contributed by atoms with Crippen molar-refractivity contribution in [2.24, 2.45) is 17.1 Å². The average Bonchev–Trinajstić information content (AvgIpc) is 2.89.